The van der Waals surface area contributed by atoms with E-state index in [1.165, 1.54) is 5.56 Å². The minimum atomic E-state index is -0.489. The van der Waals surface area contributed by atoms with Crippen molar-refractivity contribution in [3.8, 4) is 11.4 Å². The van der Waals surface area contributed by atoms with Gasteiger partial charge in [-0.15, -0.1) is 10.2 Å². The second-order valence-corrected chi connectivity index (χ2v) is 13.4. The standard InChI is InChI=1S/C19H28N2O3.C18H15ClN4O.C2H6/c1-14(22)21-10-8-16(9-11-21)17-7-5-6-15(12-17)13-20-18(23)24-19(2,3)4;1-11-21-22-17-10-20-18(12-3-5-13(19)6-4-12)15-9-14(24-2)7-8-16(15)23(11)17;1-2/h5-7,12,16H,8-11,13H2,1-4H3,(H,20,23);3-9H,10H2,1-2H3;1-2H3. The number of hydrogen-bond donors (Lipinski definition) is 1. The molecule has 1 saturated heterocycles. The van der Waals surface area contributed by atoms with Crippen LogP contribution in [-0.4, -0.2) is 63.2 Å². The maximum atomic E-state index is 11.7. The Balaban J connectivity index is 0.000000214. The highest BCUT2D eigenvalue weighted by Crippen LogP contribution is 2.30. The summed E-state index contributed by atoms with van der Waals surface area (Å²) in [5, 5.41) is 11.9. The Hall–Kier alpha value is -4.70. The number of halogens is 1. The van der Waals surface area contributed by atoms with Gasteiger partial charge in [0.15, 0.2) is 5.82 Å². The van der Waals surface area contributed by atoms with Crippen LogP contribution in [0.4, 0.5) is 4.79 Å². The highest BCUT2D eigenvalue weighted by molar-refractivity contribution is 6.30. The first-order valence-electron chi connectivity index (χ1n) is 17.1. The van der Waals surface area contributed by atoms with Crippen LogP contribution >= 0.6 is 11.6 Å². The number of hydrogen-bond acceptors (Lipinski definition) is 7. The maximum Gasteiger partial charge on any atom is 0.407 e. The van der Waals surface area contributed by atoms with Crippen molar-refractivity contribution >= 4 is 29.3 Å². The third kappa shape index (κ3) is 9.94. The van der Waals surface area contributed by atoms with Gasteiger partial charge >= 0.3 is 6.09 Å². The molecule has 0 aliphatic carbocycles. The van der Waals surface area contributed by atoms with E-state index < -0.39 is 11.7 Å². The van der Waals surface area contributed by atoms with Gasteiger partial charge in [0.2, 0.25) is 5.91 Å². The largest absolute Gasteiger partial charge is 0.497 e. The number of fused-ring (bicyclic) bond motifs is 3. The fraction of sp³-hybridized carbons (Fsp3) is 0.410. The van der Waals surface area contributed by atoms with Crippen LogP contribution in [0.1, 0.15) is 94.2 Å². The number of piperidine rings is 1. The first kappa shape index (κ1) is 38.1. The number of methoxy groups -OCH3 is 1. The molecule has 0 spiro atoms. The van der Waals surface area contributed by atoms with Crippen molar-refractivity contribution in [2.45, 2.75) is 85.9 Å². The van der Waals surface area contributed by atoms with Crippen LogP contribution in [0.15, 0.2) is 71.7 Å². The molecule has 4 aromatic rings. The zero-order valence-electron chi connectivity index (χ0n) is 30.4. The molecule has 3 heterocycles. The SMILES string of the molecule is CC.CC(=O)N1CCC(c2cccc(CNC(=O)OC(C)(C)C)c2)CC1.COc1ccc2c(c1)C(c1ccc(Cl)cc1)=NCc1nnc(C)n1-2. The average Bonchev–Trinajstić information content (AvgIpc) is 3.39. The van der Waals surface area contributed by atoms with E-state index in [1.807, 2.05) is 106 Å². The van der Waals surface area contributed by atoms with Gasteiger partial charge in [-0.1, -0.05) is 61.8 Å². The summed E-state index contributed by atoms with van der Waals surface area (Å²) in [5.41, 5.74) is 5.74. The van der Waals surface area contributed by atoms with Gasteiger partial charge < -0.3 is 19.7 Å². The molecule has 0 bridgehead atoms. The number of aliphatic imine (C=N–C) groups is 1. The second-order valence-electron chi connectivity index (χ2n) is 12.9. The lowest BCUT2D eigenvalue weighted by molar-refractivity contribution is -0.129. The summed E-state index contributed by atoms with van der Waals surface area (Å²) >= 11 is 6.02. The van der Waals surface area contributed by atoms with E-state index in [2.05, 4.69) is 27.6 Å². The summed E-state index contributed by atoms with van der Waals surface area (Å²) in [7, 11) is 1.66. The number of benzene rings is 3. The van der Waals surface area contributed by atoms with Gasteiger partial charge in [-0.3, -0.25) is 14.4 Å². The number of amides is 2. The second kappa shape index (κ2) is 17.3. The van der Waals surface area contributed by atoms with E-state index in [4.69, 9.17) is 26.1 Å². The molecule has 0 saturated carbocycles. The molecule has 11 heteroatoms. The topological polar surface area (TPSA) is 111 Å². The molecule has 2 aliphatic rings. The Bertz CT molecular complexity index is 1790. The molecule has 50 heavy (non-hydrogen) atoms. The monoisotopic (exact) mass is 700 g/mol. The number of ether oxygens (including phenoxy) is 2. The number of nitrogens with one attached hydrogen (secondary N) is 1. The number of aryl methyl sites for hydroxylation is 1. The fourth-order valence-electron chi connectivity index (χ4n) is 5.91. The molecule has 2 aliphatic heterocycles. The van der Waals surface area contributed by atoms with Gasteiger partial charge in [0.25, 0.3) is 0 Å². The number of carbonyl (C=O) groups is 2. The molecule has 1 fully saturated rings. The van der Waals surface area contributed by atoms with Crippen molar-refractivity contribution in [3.05, 3.63) is 106 Å². The third-order valence-electron chi connectivity index (χ3n) is 8.29. The molecule has 266 valence electrons. The van der Waals surface area contributed by atoms with E-state index in [-0.39, 0.29) is 5.91 Å². The summed E-state index contributed by atoms with van der Waals surface area (Å²) in [4.78, 5) is 29.9. The van der Waals surface area contributed by atoms with Crippen LogP contribution in [0.5, 0.6) is 5.75 Å². The highest BCUT2D eigenvalue weighted by atomic mass is 35.5. The normalized spacial score (nSPS) is 13.9. The molecule has 0 atom stereocenters. The molecule has 0 unspecified atom stereocenters. The number of carbonyl (C=O) groups excluding carboxylic acids is 2. The van der Waals surface area contributed by atoms with Crippen molar-refractivity contribution in [1.82, 2.24) is 25.0 Å². The molecule has 6 rings (SSSR count). The lowest BCUT2D eigenvalue weighted by Crippen LogP contribution is -2.36. The molecule has 0 radical (unpaired) electrons. The average molecular weight is 701 g/mol. The van der Waals surface area contributed by atoms with Crippen LogP contribution in [0.25, 0.3) is 5.69 Å². The van der Waals surface area contributed by atoms with Crippen molar-refractivity contribution in [1.29, 1.82) is 0 Å². The minimum Gasteiger partial charge on any atom is -0.497 e. The first-order valence-corrected chi connectivity index (χ1v) is 17.5. The van der Waals surface area contributed by atoms with Gasteiger partial charge in [0.1, 0.15) is 23.7 Å². The van der Waals surface area contributed by atoms with E-state index in [1.54, 1.807) is 14.0 Å². The summed E-state index contributed by atoms with van der Waals surface area (Å²) in [6.45, 7) is 15.7. The zero-order valence-corrected chi connectivity index (χ0v) is 31.2. The molecular formula is C39H49ClN6O4. The molecule has 2 amide bonds. The molecular weight excluding hydrogens is 652 g/mol. The van der Waals surface area contributed by atoms with Gasteiger partial charge in [-0.05, 0) is 87.9 Å². The molecule has 3 aromatic carbocycles. The van der Waals surface area contributed by atoms with Crippen molar-refractivity contribution in [2.75, 3.05) is 20.2 Å². The zero-order chi connectivity index (χ0) is 36.4. The van der Waals surface area contributed by atoms with Gasteiger partial charge in [0, 0.05) is 42.7 Å². The summed E-state index contributed by atoms with van der Waals surface area (Å²) in [6.07, 6.45) is 1.58. The Labute approximate surface area is 300 Å². The van der Waals surface area contributed by atoms with E-state index in [9.17, 15) is 9.59 Å². The molecule has 1 N–H and O–H groups in total. The quantitative estimate of drug-likeness (QED) is 0.226. The van der Waals surface area contributed by atoms with Crippen LogP contribution < -0.4 is 10.1 Å². The lowest BCUT2D eigenvalue weighted by Gasteiger charge is -2.31. The summed E-state index contributed by atoms with van der Waals surface area (Å²) < 4.78 is 12.7. The van der Waals surface area contributed by atoms with Crippen LogP contribution in [0.2, 0.25) is 5.02 Å². The smallest absolute Gasteiger partial charge is 0.407 e. The minimum absolute atomic E-state index is 0.156. The Morgan fingerprint density at radius 3 is 2.32 bits per heavy atom. The third-order valence-corrected chi connectivity index (χ3v) is 8.54. The highest BCUT2D eigenvalue weighted by Gasteiger charge is 2.24. The summed E-state index contributed by atoms with van der Waals surface area (Å²) in [6, 6.07) is 22.0. The molecule has 1 aromatic heterocycles. The number of nitrogens with zero attached hydrogens (tertiary/aromatic N) is 5. The van der Waals surface area contributed by atoms with Crippen molar-refractivity contribution in [2.24, 2.45) is 4.99 Å². The van der Waals surface area contributed by atoms with Gasteiger partial charge in [0.05, 0.1) is 18.5 Å². The van der Waals surface area contributed by atoms with Crippen LogP contribution in [0.3, 0.4) is 0 Å². The van der Waals surface area contributed by atoms with Gasteiger partial charge in [-0.2, -0.15) is 0 Å². The van der Waals surface area contributed by atoms with Crippen molar-refractivity contribution in [3.63, 3.8) is 0 Å². The van der Waals surface area contributed by atoms with Crippen molar-refractivity contribution < 1.29 is 19.1 Å². The molecule has 10 nitrogen and oxygen atoms in total. The Morgan fingerprint density at radius 1 is 0.980 bits per heavy atom. The summed E-state index contributed by atoms with van der Waals surface area (Å²) in [5.74, 6) is 3.07. The number of alkyl carbamates (subject to hydrolysis) is 1. The van der Waals surface area contributed by atoms with Crippen LogP contribution in [0, 0.1) is 6.92 Å². The predicted octanol–water partition coefficient (Wildman–Crippen LogP) is 8.05. The van der Waals surface area contributed by atoms with E-state index in [0.717, 1.165) is 71.4 Å². The number of likely N-dealkylation sites (tertiary alicyclic amines) is 1. The van der Waals surface area contributed by atoms with E-state index >= 15 is 0 Å². The van der Waals surface area contributed by atoms with E-state index in [0.29, 0.717) is 24.0 Å². The lowest BCUT2D eigenvalue weighted by atomic mass is 9.88. The number of rotatable bonds is 5. The van der Waals surface area contributed by atoms with Gasteiger partial charge in [-0.25, -0.2) is 4.79 Å². The Kier molecular flexibility index (Phi) is 13.2. The number of aromatic nitrogens is 3. The predicted molar refractivity (Wildman–Crippen MR) is 199 cm³/mol. The Morgan fingerprint density at radius 2 is 1.68 bits per heavy atom. The maximum absolute atomic E-state index is 11.7. The fourth-order valence-corrected chi connectivity index (χ4v) is 6.04. The van der Waals surface area contributed by atoms with Crippen LogP contribution in [-0.2, 0) is 22.6 Å². The first-order chi connectivity index (χ1) is 23.9.